The van der Waals surface area contributed by atoms with E-state index in [1.54, 1.807) is 17.4 Å². The molecule has 0 saturated heterocycles. The van der Waals surface area contributed by atoms with E-state index in [0.29, 0.717) is 5.56 Å². The third-order valence-corrected chi connectivity index (χ3v) is 4.62. The number of aryl methyl sites for hydroxylation is 2. The highest BCUT2D eigenvalue weighted by molar-refractivity contribution is 7.17. The zero-order chi connectivity index (χ0) is 16.6. The van der Waals surface area contributed by atoms with Gasteiger partial charge in [0.25, 0.3) is 0 Å². The minimum Gasteiger partial charge on any atom is -0.378 e. The quantitative estimate of drug-likeness (QED) is 0.538. The topological polar surface area (TPSA) is 37.6 Å². The van der Waals surface area contributed by atoms with E-state index in [0.717, 1.165) is 22.0 Å². The first-order valence-corrected chi connectivity index (χ1v) is 8.22. The summed E-state index contributed by atoms with van der Waals surface area (Å²) in [5.41, 5.74) is 3.66. The smallest absolute Gasteiger partial charge is 0.194 e. The highest BCUT2D eigenvalue weighted by Crippen LogP contribution is 2.22. The van der Waals surface area contributed by atoms with Crippen LogP contribution < -0.4 is 4.90 Å². The molecule has 0 spiro atoms. The average Bonchev–Trinajstić information content (AvgIpc) is 3.00. The van der Waals surface area contributed by atoms with Crippen molar-refractivity contribution in [2.45, 2.75) is 13.8 Å². The normalized spacial score (nSPS) is 11.5. The number of carbonyl (C=O) groups excluding carboxylic acids is 1. The number of rotatable bonds is 4. The maximum Gasteiger partial charge on any atom is 0.194 e. The maximum atomic E-state index is 12.3. The van der Waals surface area contributed by atoms with Crippen LogP contribution in [0.2, 0.25) is 0 Å². The van der Waals surface area contributed by atoms with Gasteiger partial charge in [0, 0.05) is 36.4 Å². The highest BCUT2D eigenvalue weighted by Gasteiger charge is 2.09. The van der Waals surface area contributed by atoms with E-state index in [-0.39, 0.29) is 5.78 Å². The van der Waals surface area contributed by atoms with Crippen molar-refractivity contribution in [3.63, 3.8) is 0 Å². The number of anilines is 1. The van der Waals surface area contributed by atoms with Crippen molar-refractivity contribution >= 4 is 33.8 Å². The third kappa shape index (κ3) is 3.05. The summed E-state index contributed by atoms with van der Waals surface area (Å²) >= 11 is 1.65. The number of thiazole rings is 1. The summed E-state index contributed by atoms with van der Waals surface area (Å²) in [5.74, 6) is -0.00314. The van der Waals surface area contributed by atoms with E-state index in [1.165, 1.54) is 4.88 Å². The molecule has 0 aliphatic rings. The van der Waals surface area contributed by atoms with Gasteiger partial charge in [0.15, 0.2) is 10.7 Å². The van der Waals surface area contributed by atoms with Gasteiger partial charge in [0.05, 0.1) is 11.4 Å². The molecular formula is C18H19N3OS. The molecule has 3 aromatic rings. The molecule has 0 N–H and O–H groups in total. The monoisotopic (exact) mass is 325 g/mol. The molecule has 118 valence electrons. The second-order valence-corrected chi connectivity index (χ2v) is 6.93. The van der Waals surface area contributed by atoms with E-state index < -0.39 is 0 Å². The molecule has 0 atom stereocenters. The Morgan fingerprint density at radius 1 is 1.22 bits per heavy atom. The fourth-order valence-corrected chi connectivity index (χ4v) is 3.33. The van der Waals surface area contributed by atoms with Crippen molar-refractivity contribution in [1.82, 2.24) is 9.38 Å². The minimum absolute atomic E-state index is 0.00314. The van der Waals surface area contributed by atoms with Gasteiger partial charge in [-0.2, -0.15) is 0 Å². The van der Waals surface area contributed by atoms with Crippen molar-refractivity contribution < 1.29 is 4.79 Å². The first kappa shape index (κ1) is 15.5. The van der Waals surface area contributed by atoms with Crippen molar-refractivity contribution in [1.29, 1.82) is 0 Å². The highest BCUT2D eigenvalue weighted by atomic mass is 32.1. The van der Waals surface area contributed by atoms with Crippen molar-refractivity contribution in [3.05, 3.63) is 58.4 Å². The number of carbonyl (C=O) groups is 1. The summed E-state index contributed by atoms with van der Waals surface area (Å²) in [6.07, 6.45) is 5.52. The molecule has 4 nitrogen and oxygen atoms in total. The molecule has 3 rings (SSSR count). The standard InChI is InChI=1S/C18H19N3OS/c1-12-11-21-16(13(2)19-18(21)23-12)9-10-17(22)14-5-7-15(8-6-14)20(3)4/h5-11H,1-4H3. The van der Waals surface area contributed by atoms with Crippen LogP contribution in [0.1, 0.15) is 26.6 Å². The lowest BCUT2D eigenvalue weighted by Gasteiger charge is -2.11. The summed E-state index contributed by atoms with van der Waals surface area (Å²) in [7, 11) is 3.96. The molecule has 0 radical (unpaired) electrons. The Hall–Kier alpha value is -2.40. The SMILES string of the molecule is Cc1cn2c(C=CC(=O)c3ccc(N(C)C)cc3)c(C)nc2s1. The van der Waals surface area contributed by atoms with Gasteiger partial charge in [0.1, 0.15) is 0 Å². The number of aromatic nitrogens is 2. The van der Waals surface area contributed by atoms with E-state index in [1.807, 2.05) is 60.7 Å². The lowest BCUT2D eigenvalue weighted by molar-refractivity contribution is 0.104. The van der Waals surface area contributed by atoms with Gasteiger partial charge in [-0.25, -0.2) is 4.98 Å². The number of imidazole rings is 1. The van der Waals surface area contributed by atoms with Crippen LogP contribution in [0, 0.1) is 13.8 Å². The van der Waals surface area contributed by atoms with Crippen molar-refractivity contribution in [3.8, 4) is 0 Å². The molecule has 0 unspecified atom stereocenters. The van der Waals surface area contributed by atoms with Crippen molar-refractivity contribution in [2.75, 3.05) is 19.0 Å². The maximum absolute atomic E-state index is 12.3. The molecule has 0 amide bonds. The third-order valence-electron chi connectivity index (χ3n) is 3.72. The molecular weight excluding hydrogens is 306 g/mol. The predicted octanol–water partition coefficient (Wildman–Crippen LogP) is 3.97. The van der Waals surface area contributed by atoms with E-state index in [4.69, 9.17) is 0 Å². The van der Waals surface area contributed by atoms with Crippen LogP contribution in [0.25, 0.3) is 11.0 Å². The number of nitrogens with zero attached hydrogens (tertiary/aromatic N) is 3. The Bertz CT molecular complexity index is 885. The summed E-state index contributed by atoms with van der Waals surface area (Å²) in [5, 5.41) is 0. The van der Waals surface area contributed by atoms with E-state index in [9.17, 15) is 4.79 Å². The first-order valence-electron chi connectivity index (χ1n) is 7.40. The fourth-order valence-electron chi connectivity index (χ4n) is 2.46. The molecule has 2 aromatic heterocycles. The lowest BCUT2D eigenvalue weighted by atomic mass is 10.1. The lowest BCUT2D eigenvalue weighted by Crippen LogP contribution is -2.08. The summed E-state index contributed by atoms with van der Waals surface area (Å²) < 4.78 is 2.04. The van der Waals surface area contributed by atoms with Crippen LogP contribution in [0.3, 0.4) is 0 Å². The van der Waals surface area contributed by atoms with Crippen LogP contribution in [-0.2, 0) is 0 Å². The molecule has 2 heterocycles. The fraction of sp³-hybridized carbons (Fsp3) is 0.222. The molecule has 1 aromatic carbocycles. The number of ketones is 1. The Labute approximate surface area is 139 Å². The molecule has 5 heteroatoms. The van der Waals surface area contributed by atoms with Crippen LogP contribution in [-0.4, -0.2) is 29.3 Å². The van der Waals surface area contributed by atoms with Gasteiger partial charge in [-0.3, -0.25) is 9.20 Å². The van der Waals surface area contributed by atoms with Gasteiger partial charge in [-0.15, -0.1) is 11.3 Å². The largest absolute Gasteiger partial charge is 0.378 e. The van der Waals surface area contributed by atoms with Gasteiger partial charge < -0.3 is 4.90 Å². The van der Waals surface area contributed by atoms with Crippen LogP contribution in [0.4, 0.5) is 5.69 Å². The first-order chi connectivity index (χ1) is 11.0. The molecule has 0 aliphatic carbocycles. The second-order valence-electron chi connectivity index (χ2n) is 5.72. The number of benzene rings is 1. The molecule has 0 saturated carbocycles. The number of hydrogen-bond donors (Lipinski definition) is 0. The van der Waals surface area contributed by atoms with Gasteiger partial charge in [0.2, 0.25) is 0 Å². The summed E-state index contributed by atoms with van der Waals surface area (Å²) in [4.78, 5) is 21.0. The summed E-state index contributed by atoms with van der Waals surface area (Å²) in [6.45, 7) is 4.02. The molecule has 23 heavy (non-hydrogen) atoms. The minimum atomic E-state index is -0.00314. The van der Waals surface area contributed by atoms with Crippen molar-refractivity contribution in [2.24, 2.45) is 0 Å². The Balaban J connectivity index is 1.86. The summed E-state index contributed by atoms with van der Waals surface area (Å²) in [6, 6.07) is 7.61. The van der Waals surface area contributed by atoms with Gasteiger partial charge in [-0.05, 0) is 50.3 Å². The molecule has 0 aliphatic heterocycles. The molecule has 0 fully saturated rings. The zero-order valence-electron chi connectivity index (χ0n) is 13.7. The average molecular weight is 325 g/mol. The van der Waals surface area contributed by atoms with Crippen LogP contribution >= 0.6 is 11.3 Å². The van der Waals surface area contributed by atoms with Crippen LogP contribution in [0.15, 0.2) is 36.5 Å². The second kappa shape index (κ2) is 6.01. The molecule has 0 bridgehead atoms. The number of allylic oxidation sites excluding steroid dienone is 1. The number of fused-ring (bicyclic) bond motifs is 1. The predicted molar refractivity (Wildman–Crippen MR) is 96.7 cm³/mol. The van der Waals surface area contributed by atoms with E-state index in [2.05, 4.69) is 18.1 Å². The Morgan fingerprint density at radius 2 is 1.91 bits per heavy atom. The zero-order valence-corrected chi connectivity index (χ0v) is 14.5. The van der Waals surface area contributed by atoms with E-state index >= 15 is 0 Å². The van der Waals surface area contributed by atoms with Gasteiger partial charge >= 0.3 is 0 Å². The Kier molecular flexibility index (Phi) is 4.05. The van der Waals surface area contributed by atoms with Gasteiger partial charge in [-0.1, -0.05) is 0 Å². The number of hydrogen-bond acceptors (Lipinski definition) is 4. The Morgan fingerprint density at radius 3 is 2.57 bits per heavy atom. The van der Waals surface area contributed by atoms with Crippen LogP contribution in [0.5, 0.6) is 0 Å².